The average Bonchev–Trinajstić information content (AvgIpc) is 2.37. The van der Waals surface area contributed by atoms with E-state index < -0.39 is 0 Å². The van der Waals surface area contributed by atoms with Crippen molar-refractivity contribution in [1.82, 2.24) is 0 Å². The highest BCUT2D eigenvalue weighted by molar-refractivity contribution is 6.22. The molecule has 6 heteroatoms. The fourth-order valence-electron chi connectivity index (χ4n) is 3.03. The summed E-state index contributed by atoms with van der Waals surface area (Å²) in [6.07, 6.45) is 1.71. The van der Waals surface area contributed by atoms with E-state index in [0.717, 1.165) is 12.8 Å². The van der Waals surface area contributed by atoms with Crippen LogP contribution >= 0.6 is 23.2 Å². The third kappa shape index (κ3) is 3.71. The minimum atomic E-state index is 0.0719. The van der Waals surface area contributed by atoms with E-state index in [0.29, 0.717) is 38.0 Å². The lowest BCUT2D eigenvalue weighted by atomic mass is 9.71. The Balaban J connectivity index is 2.69. The van der Waals surface area contributed by atoms with Gasteiger partial charge in [0.25, 0.3) is 0 Å². The molecular formula is C12H26Cl2N4. The van der Waals surface area contributed by atoms with Crippen molar-refractivity contribution >= 4 is 23.2 Å². The first kappa shape index (κ1) is 16.5. The summed E-state index contributed by atoms with van der Waals surface area (Å²) in [6.45, 7) is 2.26. The molecule has 0 heterocycles. The van der Waals surface area contributed by atoms with Crippen LogP contribution in [-0.4, -0.2) is 36.9 Å². The van der Waals surface area contributed by atoms with E-state index in [1.165, 1.54) is 0 Å². The van der Waals surface area contributed by atoms with Crippen molar-refractivity contribution in [2.45, 2.75) is 23.6 Å². The molecule has 0 aliphatic heterocycles. The summed E-state index contributed by atoms with van der Waals surface area (Å²) in [5, 5.41) is 0.144. The predicted molar refractivity (Wildman–Crippen MR) is 78.7 cm³/mol. The zero-order valence-corrected chi connectivity index (χ0v) is 12.3. The summed E-state index contributed by atoms with van der Waals surface area (Å²) >= 11 is 13.0. The van der Waals surface area contributed by atoms with Gasteiger partial charge in [-0.1, -0.05) is 0 Å². The van der Waals surface area contributed by atoms with Crippen molar-refractivity contribution in [3.8, 4) is 0 Å². The SMILES string of the molecule is NCC(CN)C1CC(Cl)C(C(CN)CN)CC1Cl. The summed E-state index contributed by atoms with van der Waals surface area (Å²) in [4.78, 5) is 0. The Morgan fingerprint density at radius 2 is 1.00 bits per heavy atom. The minimum absolute atomic E-state index is 0.0719. The third-order valence-corrected chi connectivity index (χ3v) is 5.35. The van der Waals surface area contributed by atoms with Gasteiger partial charge < -0.3 is 22.9 Å². The van der Waals surface area contributed by atoms with Gasteiger partial charge in [0.05, 0.1) is 0 Å². The predicted octanol–water partition coefficient (Wildman–Crippen LogP) is 0.295. The van der Waals surface area contributed by atoms with Crippen LogP contribution < -0.4 is 22.9 Å². The molecule has 8 N–H and O–H groups in total. The molecule has 4 unspecified atom stereocenters. The number of hydrogen-bond donors (Lipinski definition) is 4. The number of alkyl halides is 2. The van der Waals surface area contributed by atoms with Crippen LogP contribution in [0.3, 0.4) is 0 Å². The first-order valence-electron chi connectivity index (χ1n) is 6.67. The summed E-state index contributed by atoms with van der Waals surface area (Å²) in [7, 11) is 0. The zero-order valence-electron chi connectivity index (χ0n) is 10.8. The van der Waals surface area contributed by atoms with E-state index in [9.17, 15) is 0 Å². The third-order valence-electron chi connectivity index (χ3n) is 4.35. The molecule has 1 rings (SSSR count). The number of nitrogens with two attached hydrogens (primary N) is 4. The van der Waals surface area contributed by atoms with Gasteiger partial charge in [0, 0.05) is 10.8 Å². The topological polar surface area (TPSA) is 104 Å². The Hall–Kier alpha value is 0.420. The highest BCUT2D eigenvalue weighted by Gasteiger charge is 2.40. The molecule has 0 radical (unpaired) electrons. The fraction of sp³-hybridized carbons (Fsp3) is 1.00. The monoisotopic (exact) mass is 296 g/mol. The lowest BCUT2D eigenvalue weighted by Gasteiger charge is -2.42. The molecule has 0 amide bonds. The maximum atomic E-state index is 6.50. The van der Waals surface area contributed by atoms with Gasteiger partial charge in [-0.15, -0.1) is 23.2 Å². The van der Waals surface area contributed by atoms with Crippen LogP contribution in [-0.2, 0) is 0 Å². The van der Waals surface area contributed by atoms with Crippen molar-refractivity contribution in [3.63, 3.8) is 0 Å². The Kier molecular flexibility index (Phi) is 7.21. The van der Waals surface area contributed by atoms with Crippen LogP contribution in [0.15, 0.2) is 0 Å². The standard InChI is InChI=1S/C12H26Cl2N4/c13-11-1-9(7(3-15)4-16)12(14)2-10(11)8(5-17)6-18/h7-12H,1-6,15-18H2. The molecule has 0 aromatic heterocycles. The summed E-state index contributed by atoms with van der Waals surface area (Å²) in [5.74, 6) is 1.11. The maximum Gasteiger partial charge on any atom is 0.0371 e. The van der Waals surface area contributed by atoms with Crippen molar-refractivity contribution in [2.75, 3.05) is 26.2 Å². The lowest BCUT2D eigenvalue weighted by molar-refractivity contribution is 0.181. The second kappa shape index (κ2) is 7.88. The van der Waals surface area contributed by atoms with Gasteiger partial charge >= 0.3 is 0 Å². The van der Waals surface area contributed by atoms with Gasteiger partial charge in [0.2, 0.25) is 0 Å². The highest BCUT2D eigenvalue weighted by atomic mass is 35.5. The minimum Gasteiger partial charge on any atom is -0.330 e. The van der Waals surface area contributed by atoms with Crippen LogP contribution in [0.4, 0.5) is 0 Å². The van der Waals surface area contributed by atoms with E-state index in [4.69, 9.17) is 46.1 Å². The van der Waals surface area contributed by atoms with E-state index in [1.807, 2.05) is 0 Å². The van der Waals surface area contributed by atoms with Crippen LogP contribution in [0.1, 0.15) is 12.8 Å². The van der Waals surface area contributed by atoms with Crippen LogP contribution in [0, 0.1) is 23.7 Å². The molecule has 18 heavy (non-hydrogen) atoms. The summed E-state index contributed by atoms with van der Waals surface area (Å²) < 4.78 is 0. The summed E-state index contributed by atoms with van der Waals surface area (Å²) in [6, 6.07) is 0. The summed E-state index contributed by atoms with van der Waals surface area (Å²) in [5.41, 5.74) is 23.0. The van der Waals surface area contributed by atoms with E-state index in [2.05, 4.69) is 0 Å². The smallest absolute Gasteiger partial charge is 0.0371 e. The van der Waals surface area contributed by atoms with Crippen LogP contribution in [0.5, 0.6) is 0 Å². The van der Waals surface area contributed by atoms with Gasteiger partial charge in [0.15, 0.2) is 0 Å². The average molecular weight is 297 g/mol. The molecular weight excluding hydrogens is 271 g/mol. The normalized spacial score (nSPS) is 33.3. The van der Waals surface area contributed by atoms with E-state index in [-0.39, 0.29) is 22.6 Å². The van der Waals surface area contributed by atoms with Gasteiger partial charge in [-0.05, 0) is 62.7 Å². The molecule has 0 spiro atoms. The highest BCUT2D eigenvalue weighted by Crippen LogP contribution is 2.41. The Morgan fingerprint density at radius 3 is 1.22 bits per heavy atom. The molecule has 108 valence electrons. The molecule has 0 aromatic rings. The first-order valence-corrected chi connectivity index (χ1v) is 7.54. The molecule has 0 bridgehead atoms. The second-order valence-corrected chi connectivity index (χ2v) is 6.42. The van der Waals surface area contributed by atoms with Gasteiger partial charge in [-0.25, -0.2) is 0 Å². The molecule has 1 aliphatic carbocycles. The van der Waals surface area contributed by atoms with Crippen LogP contribution in [0.25, 0.3) is 0 Å². The largest absolute Gasteiger partial charge is 0.330 e. The van der Waals surface area contributed by atoms with Crippen molar-refractivity contribution in [3.05, 3.63) is 0 Å². The van der Waals surface area contributed by atoms with Gasteiger partial charge in [0.1, 0.15) is 0 Å². The Bertz CT molecular complexity index is 210. The Morgan fingerprint density at radius 1 is 0.722 bits per heavy atom. The van der Waals surface area contributed by atoms with Gasteiger partial charge in [-0.2, -0.15) is 0 Å². The molecule has 4 atom stereocenters. The quantitative estimate of drug-likeness (QED) is 0.529. The molecule has 0 saturated heterocycles. The van der Waals surface area contributed by atoms with E-state index >= 15 is 0 Å². The zero-order chi connectivity index (χ0) is 13.7. The lowest BCUT2D eigenvalue weighted by Crippen LogP contribution is -2.46. The number of rotatable bonds is 6. The first-order chi connectivity index (χ1) is 8.58. The number of halogens is 2. The fourth-order valence-corrected chi connectivity index (χ4v) is 4.06. The molecule has 0 aromatic carbocycles. The second-order valence-electron chi connectivity index (χ2n) is 5.29. The molecule has 4 nitrogen and oxygen atoms in total. The van der Waals surface area contributed by atoms with Gasteiger partial charge in [-0.3, -0.25) is 0 Å². The number of hydrogen-bond acceptors (Lipinski definition) is 4. The van der Waals surface area contributed by atoms with Crippen molar-refractivity contribution < 1.29 is 0 Å². The van der Waals surface area contributed by atoms with Crippen molar-refractivity contribution in [2.24, 2.45) is 46.6 Å². The van der Waals surface area contributed by atoms with Crippen molar-refractivity contribution in [1.29, 1.82) is 0 Å². The molecule has 1 saturated carbocycles. The maximum absolute atomic E-state index is 6.50. The Labute approximate surface area is 120 Å². The van der Waals surface area contributed by atoms with E-state index in [1.54, 1.807) is 0 Å². The van der Waals surface area contributed by atoms with Crippen LogP contribution in [0.2, 0.25) is 0 Å². The molecule has 1 aliphatic rings. The molecule has 1 fully saturated rings.